The lowest BCUT2D eigenvalue weighted by atomic mass is 9.93. The predicted octanol–water partition coefficient (Wildman–Crippen LogP) is 1.74. The Morgan fingerprint density at radius 3 is 2.40 bits per heavy atom. The summed E-state index contributed by atoms with van der Waals surface area (Å²) < 4.78 is 10.3. The molecule has 1 aromatic carbocycles. The van der Waals surface area contributed by atoms with Gasteiger partial charge in [-0.15, -0.1) is 0 Å². The highest BCUT2D eigenvalue weighted by atomic mass is 16.5. The Morgan fingerprint density at radius 1 is 1.15 bits per heavy atom. The van der Waals surface area contributed by atoms with Gasteiger partial charge in [-0.05, 0) is 43.9 Å². The molecule has 0 atom stereocenters. The van der Waals surface area contributed by atoms with Crippen molar-refractivity contribution in [2.24, 2.45) is 0 Å². The molecule has 0 bridgehead atoms. The first-order chi connectivity index (χ1) is 9.63. The maximum Gasteiger partial charge on any atom is 0.251 e. The quantitative estimate of drug-likeness (QED) is 0.881. The Morgan fingerprint density at radius 2 is 1.80 bits per heavy atom. The van der Waals surface area contributed by atoms with Crippen LogP contribution < -0.4 is 14.8 Å². The molecule has 0 aromatic heterocycles. The fourth-order valence-corrected chi connectivity index (χ4v) is 2.47. The van der Waals surface area contributed by atoms with Crippen LogP contribution in [0.3, 0.4) is 0 Å². The van der Waals surface area contributed by atoms with Crippen LogP contribution in [0.15, 0.2) is 18.2 Å². The van der Waals surface area contributed by atoms with Crippen LogP contribution in [0.2, 0.25) is 0 Å². The van der Waals surface area contributed by atoms with Gasteiger partial charge in [0, 0.05) is 11.6 Å². The van der Waals surface area contributed by atoms with Gasteiger partial charge in [0.1, 0.15) is 0 Å². The Kier molecular flexibility index (Phi) is 4.84. The van der Waals surface area contributed by atoms with Crippen molar-refractivity contribution in [3.05, 3.63) is 23.8 Å². The minimum absolute atomic E-state index is 0.118. The van der Waals surface area contributed by atoms with Gasteiger partial charge in [0.15, 0.2) is 11.5 Å². The molecule has 0 radical (unpaired) electrons. The van der Waals surface area contributed by atoms with Crippen molar-refractivity contribution in [3.8, 4) is 11.5 Å². The summed E-state index contributed by atoms with van der Waals surface area (Å²) in [4.78, 5) is 12.2. The first kappa shape index (κ1) is 14.7. The molecule has 110 valence electrons. The SMILES string of the molecule is COc1ccc(C(=O)NC2CCC(O)CC2)cc1OC. The summed E-state index contributed by atoms with van der Waals surface area (Å²) in [7, 11) is 3.10. The summed E-state index contributed by atoms with van der Waals surface area (Å²) in [5.41, 5.74) is 0.550. The van der Waals surface area contributed by atoms with E-state index in [1.165, 1.54) is 0 Å². The summed E-state index contributed by atoms with van der Waals surface area (Å²) in [6, 6.07) is 5.25. The van der Waals surface area contributed by atoms with Gasteiger partial charge < -0.3 is 19.9 Å². The first-order valence-electron chi connectivity index (χ1n) is 6.85. The van der Waals surface area contributed by atoms with Gasteiger partial charge in [-0.3, -0.25) is 4.79 Å². The second kappa shape index (κ2) is 6.61. The Bertz CT molecular complexity index is 467. The van der Waals surface area contributed by atoms with Crippen LogP contribution in [0.1, 0.15) is 36.0 Å². The van der Waals surface area contributed by atoms with Crippen LogP contribution in [-0.2, 0) is 0 Å². The van der Waals surface area contributed by atoms with Crippen molar-refractivity contribution < 1.29 is 19.4 Å². The van der Waals surface area contributed by atoms with Crippen LogP contribution in [0, 0.1) is 0 Å². The third-order valence-electron chi connectivity index (χ3n) is 3.68. The molecular weight excluding hydrogens is 258 g/mol. The maximum absolute atomic E-state index is 12.2. The number of carbonyl (C=O) groups is 1. The smallest absolute Gasteiger partial charge is 0.251 e. The second-order valence-corrected chi connectivity index (χ2v) is 5.05. The minimum atomic E-state index is -0.218. The van der Waals surface area contributed by atoms with Gasteiger partial charge in [-0.1, -0.05) is 0 Å². The normalized spacial score (nSPS) is 22.1. The highest BCUT2D eigenvalue weighted by Crippen LogP contribution is 2.27. The molecule has 0 unspecified atom stereocenters. The number of hydrogen-bond donors (Lipinski definition) is 2. The largest absolute Gasteiger partial charge is 0.493 e. The Balaban J connectivity index is 2.02. The van der Waals surface area contributed by atoms with Gasteiger partial charge in [0.2, 0.25) is 0 Å². The molecular formula is C15H21NO4. The summed E-state index contributed by atoms with van der Waals surface area (Å²) in [6.07, 6.45) is 2.91. The van der Waals surface area contributed by atoms with Gasteiger partial charge in [-0.2, -0.15) is 0 Å². The van der Waals surface area contributed by atoms with E-state index < -0.39 is 0 Å². The van der Waals surface area contributed by atoms with Gasteiger partial charge in [-0.25, -0.2) is 0 Å². The molecule has 0 heterocycles. The van der Waals surface area contributed by atoms with Crippen molar-refractivity contribution >= 4 is 5.91 Å². The van der Waals surface area contributed by atoms with Crippen molar-refractivity contribution in [2.75, 3.05) is 14.2 Å². The molecule has 1 saturated carbocycles. The molecule has 0 spiro atoms. The molecule has 5 heteroatoms. The molecule has 5 nitrogen and oxygen atoms in total. The monoisotopic (exact) mass is 279 g/mol. The van der Waals surface area contributed by atoms with E-state index in [1.807, 2.05) is 0 Å². The maximum atomic E-state index is 12.2. The number of aliphatic hydroxyl groups excluding tert-OH is 1. The predicted molar refractivity (Wildman–Crippen MR) is 75.3 cm³/mol. The fourth-order valence-electron chi connectivity index (χ4n) is 2.47. The molecule has 2 rings (SSSR count). The number of aliphatic hydroxyl groups is 1. The molecule has 20 heavy (non-hydrogen) atoms. The number of ether oxygens (including phenoxy) is 2. The number of benzene rings is 1. The van der Waals surface area contributed by atoms with Gasteiger partial charge in [0.25, 0.3) is 5.91 Å². The van der Waals surface area contributed by atoms with Crippen LogP contribution in [0.25, 0.3) is 0 Å². The molecule has 0 saturated heterocycles. The zero-order valence-electron chi connectivity index (χ0n) is 11.9. The van der Waals surface area contributed by atoms with Crippen molar-refractivity contribution in [1.29, 1.82) is 0 Å². The van der Waals surface area contributed by atoms with E-state index in [4.69, 9.17) is 9.47 Å². The minimum Gasteiger partial charge on any atom is -0.493 e. The zero-order chi connectivity index (χ0) is 14.5. The summed E-state index contributed by atoms with van der Waals surface area (Å²) >= 11 is 0. The average Bonchev–Trinajstić information content (AvgIpc) is 2.48. The number of methoxy groups -OCH3 is 2. The number of amides is 1. The third kappa shape index (κ3) is 3.42. The molecule has 0 aliphatic heterocycles. The standard InChI is InChI=1S/C15H21NO4/c1-19-13-8-3-10(9-14(13)20-2)15(18)16-11-4-6-12(17)7-5-11/h3,8-9,11-12,17H,4-7H2,1-2H3,(H,16,18). The van der Waals surface area contributed by atoms with Crippen LogP contribution >= 0.6 is 0 Å². The fraction of sp³-hybridized carbons (Fsp3) is 0.533. The number of nitrogens with one attached hydrogen (secondary N) is 1. The van der Waals surface area contributed by atoms with Crippen LogP contribution in [0.5, 0.6) is 11.5 Å². The van der Waals surface area contributed by atoms with E-state index in [2.05, 4.69) is 5.32 Å². The van der Waals surface area contributed by atoms with E-state index in [1.54, 1.807) is 32.4 Å². The number of hydrogen-bond acceptors (Lipinski definition) is 4. The van der Waals surface area contributed by atoms with Crippen molar-refractivity contribution in [1.82, 2.24) is 5.32 Å². The van der Waals surface area contributed by atoms with Crippen LogP contribution in [-0.4, -0.2) is 37.4 Å². The van der Waals surface area contributed by atoms with E-state index >= 15 is 0 Å². The van der Waals surface area contributed by atoms with Crippen LogP contribution in [0.4, 0.5) is 0 Å². The van der Waals surface area contributed by atoms with E-state index in [9.17, 15) is 9.90 Å². The molecule has 2 N–H and O–H groups in total. The first-order valence-corrected chi connectivity index (χ1v) is 6.85. The highest BCUT2D eigenvalue weighted by Gasteiger charge is 2.21. The lowest BCUT2D eigenvalue weighted by molar-refractivity contribution is 0.0867. The van der Waals surface area contributed by atoms with Gasteiger partial charge >= 0.3 is 0 Å². The summed E-state index contributed by atoms with van der Waals surface area (Å²) in [5, 5.41) is 12.5. The average molecular weight is 279 g/mol. The molecule has 1 aliphatic carbocycles. The third-order valence-corrected chi connectivity index (χ3v) is 3.68. The van der Waals surface area contributed by atoms with E-state index in [0.717, 1.165) is 25.7 Å². The number of carbonyl (C=O) groups excluding carboxylic acids is 1. The lowest BCUT2D eigenvalue weighted by Gasteiger charge is -2.26. The lowest BCUT2D eigenvalue weighted by Crippen LogP contribution is -2.38. The molecule has 1 aliphatic rings. The Labute approximate surface area is 118 Å². The van der Waals surface area contributed by atoms with E-state index in [-0.39, 0.29) is 18.1 Å². The topological polar surface area (TPSA) is 67.8 Å². The molecule has 1 fully saturated rings. The van der Waals surface area contributed by atoms with Gasteiger partial charge in [0.05, 0.1) is 20.3 Å². The van der Waals surface area contributed by atoms with Crippen molar-refractivity contribution in [3.63, 3.8) is 0 Å². The summed E-state index contributed by atoms with van der Waals surface area (Å²) in [5.74, 6) is 1.02. The molecule has 1 amide bonds. The van der Waals surface area contributed by atoms with Crippen molar-refractivity contribution in [2.45, 2.75) is 37.8 Å². The van der Waals surface area contributed by atoms with E-state index in [0.29, 0.717) is 17.1 Å². The Hall–Kier alpha value is -1.75. The second-order valence-electron chi connectivity index (χ2n) is 5.05. The number of rotatable bonds is 4. The summed E-state index contributed by atoms with van der Waals surface area (Å²) in [6.45, 7) is 0. The molecule has 1 aromatic rings. The highest BCUT2D eigenvalue weighted by molar-refractivity contribution is 5.95. The zero-order valence-corrected chi connectivity index (χ0v) is 11.9.